The maximum Gasteiger partial charge on any atom is 0.508 e. The number of carbonyl (C=O) groups is 4. The van der Waals surface area contributed by atoms with E-state index in [-0.39, 0.29) is 49.2 Å². The molecule has 208 valence electrons. The monoisotopic (exact) mass is 523 g/mol. The Morgan fingerprint density at radius 2 is 1.35 bits per heavy atom. The van der Waals surface area contributed by atoms with Crippen LogP contribution in [-0.2, 0) is 35.0 Å². The van der Waals surface area contributed by atoms with Gasteiger partial charge in [-0.05, 0) is 56.2 Å². The molecule has 0 heterocycles. The molecule has 0 aromatic heterocycles. The van der Waals surface area contributed by atoms with Crippen molar-refractivity contribution in [1.82, 2.24) is 0 Å². The molecule has 1 aromatic rings. The molecule has 0 aliphatic rings. The lowest BCUT2D eigenvalue weighted by atomic mass is 10.1. The molecule has 10 nitrogen and oxygen atoms in total. The molecule has 0 aliphatic heterocycles. The molecule has 0 aliphatic carbocycles. The van der Waals surface area contributed by atoms with Crippen molar-refractivity contribution in [3.8, 4) is 11.5 Å². The number of esters is 3. The van der Waals surface area contributed by atoms with Crippen LogP contribution in [0.1, 0.15) is 73.3 Å². The van der Waals surface area contributed by atoms with Crippen molar-refractivity contribution in [2.24, 2.45) is 17.6 Å². The van der Waals surface area contributed by atoms with Gasteiger partial charge in [-0.25, -0.2) is 4.79 Å². The molecule has 0 unspecified atom stereocenters. The van der Waals surface area contributed by atoms with E-state index in [1.165, 1.54) is 12.1 Å². The Morgan fingerprint density at radius 1 is 0.811 bits per heavy atom. The van der Waals surface area contributed by atoms with Crippen LogP contribution in [0.3, 0.4) is 0 Å². The van der Waals surface area contributed by atoms with E-state index >= 15 is 0 Å². The van der Waals surface area contributed by atoms with Gasteiger partial charge >= 0.3 is 24.1 Å². The molecule has 1 aromatic carbocycles. The van der Waals surface area contributed by atoms with E-state index in [0.717, 1.165) is 0 Å². The Balaban J connectivity index is 2.89. The number of hydrogen-bond donors (Lipinski definition) is 1. The van der Waals surface area contributed by atoms with E-state index < -0.39 is 42.3 Å². The lowest BCUT2D eigenvalue weighted by Crippen LogP contribution is -2.39. The van der Waals surface area contributed by atoms with Crippen molar-refractivity contribution < 1.29 is 42.9 Å². The van der Waals surface area contributed by atoms with Crippen LogP contribution in [0.15, 0.2) is 18.2 Å². The van der Waals surface area contributed by atoms with E-state index in [9.17, 15) is 19.2 Å². The van der Waals surface area contributed by atoms with E-state index in [1.807, 2.05) is 34.6 Å². The Morgan fingerprint density at radius 3 is 1.89 bits per heavy atom. The molecule has 0 saturated heterocycles. The first-order valence-electron chi connectivity index (χ1n) is 12.7. The van der Waals surface area contributed by atoms with Crippen molar-refractivity contribution in [3.63, 3.8) is 0 Å². The average molecular weight is 524 g/mol. The van der Waals surface area contributed by atoms with Crippen LogP contribution in [0.4, 0.5) is 4.79 Å². The first-order valence-corrected chi connectivity index (χ1v) is 12.7. The van der Waals surface area contributed by atoms with Crippen LogP contribution >= 0.6 is 0 Å². The molecule has 3 atom stereocenters. The fourth-order valence-electron chi connectivity index (χ4n) is 3.01. The van der Waals surface area contributed by atoms with Gasteiger partial charge in [-0.1, -0.05) is 40.7 Å². The standard InChI is InChI=1S/C27H41NO9/c1-8-11-33-27(32)35-19(7)18(6)34-26(31)21(28)14-20-9-10-22(36-24(29)12-16(2)3)23(15-20)37-25(30)13-17(4)5/h9-10,15-19,21H,8,11-14,28H2,1-7H3/t18-,19-,21-/m0/s1. The van der Waals surface area contributed by atoms with Crippen molar-refractivity contribution in [2.45, 2.75) is 92.4 Å². The van der Waals surface area contributed by atoms with Gasteiger partial charge in [0.05, 0.1) is 6.61 Å². The van der Waals surface area contributed by atoms with Gasteiger partial charge in [0.2, 0.25) is 0 Å². The van der Waals surface area contributed by atoms with Gasteiger partial charge < -0.3 is 29.4 Å². The molecular formula is C27H41NO9. The van der Waals surface area contributed by atoms with Crippen LogP contribution in [0.25, 0.3) is 0 Å². The summed E-state index contributed by atoms with van der Waals surface area (Å²) in [6.45, 7) is 12.8. The van der Waals surface area contributed by atoms with Crippen molar-refractivity contribution >= 4 is 24.1 Å². The lowest BCUT2D eigenvalue weighted by Gasteiger charge is -2.22. The Bertz CT molecular complexity index is 913. The number of rotatable bonds is 14. The van der Waals surface area contributed by atoms with Gasteiger partial charge in [0.25, 0.3) is 0 Å². The maximum atomic E-state index is 12.5. The molecule has 0 saturated carbocycles. The summed E-state index contributed by atoms with van der Waals surface area (Å²) >= 11 is 0. The van der Waals surface area contributed by atoms with Crippen molar-refractivity contribution in [3.05, 3.63) is 23.8 Å². The first kappa shape index (κ1) is 31.9. The Kier molecular flexibility index (Phi) is 13.7. The van der Waals surface area contributed by atoms with Crippen LogP contribution < -0.4 is 15.2 Å². The third kappa shape index (κ3) is 12.6. The van der Waals surface area contributed by atoms with Crippen LogP contribution in [0.2, 0.25) is 0 Å². The third-order valence-corrected chi connectivity index (χ3v) is 5.03. The summed E-state index contributed by atoms with van der Waals surface area (Å²) in [7, 11) is 0. The number of ether oxygens (including phenoxy) is 5. The SMILES string of the molecule is CCCOC(=O)O[C@@H](C)[C@H](C)OC(=O)[C@@H](N)Cc1ccc(OC(=O)CC(C)C)c(OC(=O)CC(C)C)c1. The summed E-state index contributed by atoms with van der Waals surface area (Å²) in [5.41, 5.74) is 6.63. The van der Waals surface area contributed by atoms with Crippen LogP contribution in [0.5, 0.6) is 11.5 Å². The van der Waals surface area contributed by atoms with Gasteiger partial charge in [0.15, 0.2) is 11.5 Å². The lowest BCUT2D eigenvalue weighted by molar-refractivity contribution is -0.155. The van der Waals surface area contributed by atoms with Gasteiger partial charge in [-0.2, -0.15) is 0 Å². The van der Waals surface area contributed by atoms with Gasteiger partial charge in [-0.3, -0.25) is 14.4 Å². The zero-order chi connectivity index (χ0) is 28.1. The predicted molar refractivity (Wildman–Crippen MR) is 136 cm³/mol. The summed E-state index contributed by atoms with van der Waals surface area (Å²) in [6.07, 6.45) is -1.24. The second kappa shape index (κ2) is 15.9. The second-order valence-electron chi connectivity index (χ2n) is 9.80. The second-order valence-corrected chi connectivity index (χ2v) is 9.80. The maximum absolute atomic E-state index is 12.5. The predicted octanol–water partition coefficient (Wildman–Crippen LogP) is 4.34. The zero-order valence-corrected chi connectivity index (χ0v) is 22.9. The molecule has 0 spiro atoms. The highest BCUT2D eigenvalue weighted by atomic mass is 16.7. The highest BCUT2D eigenvalue weighted by molar-refractivity contribution is 5.77. The summed E-state index contributed by atoms with van der Waals surface area (Å²) in [6, 6.07) is 3.60. The summed E-state index contributed by atoms with van der Waals surface area (Å²) < 4.78 is 26.2. The molecule has 37 heavy (non-hydrogen) atoms. The summed E-state index contributed by atoms with van der Waals surface area (Å²) in [4.78, 5) is 48.6. The van der Waals surface area contributed by atoms with E-state index in [2.05, 4.69) is 0 Å². The van der Waals surface area contributed by atoms with Crippen molar-refractivity contribution in [1.29, 1.82) is 0 Å². The topological polar surface area (TPSA) is 140 Å². The average Bonchev–Trinajstić information content (AvgIpc) is 2.78. The highest BCUT2D eigenvalue weighted by Crippen LogP contribution is 2.30. The van der Waals surface area contributed by atoms with Crippen LogP contribution in [-0.4, -0.2) is 48.9 Å². The smallest absolute Gasteiger partial charge is 0.458 e. The minimum absolute atomic E-state index is 0.0638. The fourth-order valence-corrected chi connectivity index (χ4v) is 3.01. The van der Waals surface area contributed by atoms with Crippen molar-refractivity contribution in [2.75, 3.05) is 6.61 Å². The number of benzene rings is 1. The minimum Gasteiger partial charge on any atom is -0.458 e. The number of nitrogens with two attached hydrogens (primary N) is 1. The largest absolute Gasteiger partial charge is 0.508 e. The Labute approximate surface area is 219 Å². The molecule has 2 N–H and O–H groups in total. The van der Waals surface area contributed by atoms with E-state index in [0.29, 0.717) is 12.0 Å². The molecule has 10 heteroatoms. The van der Waals surface area contributed by atoms with E-state index in [4.69, 9.17) is 29.4 Å². The van der Waals surface area contributed by atoms with Gasteiger partial charge in [-0.15, -0.1) is 0 Å². The van der Waals surface area contributed by atoms with Crippen LogP contribution in [0, 0.1) is 11.8 Å². The molecule has 1 rings (SSSR count). The van der Waals surface area contributed by atoms with Gasteiger partial charge in [0, 0.05) is 12.8 Å². The third-order valence-electron chi connectivity index (χ3n) is 5.03. The molecule has 0 fully saturated rings. The highest BCUT2D eigenvalue weighted by Gasteiger charge is 2.25. The molecule has 0 radical (unpaired) electrons. The number of hydrogen-bond acceptors (Lipinski definition) is 10. The molecular weight excluding hydrogens is 482 g/mol. The quantitative estimate of drug-likeness (QED) is 0.276. The first-order chi connectivity index (χ1) is 17.3. The molecule has 0 amide bonds. The molecule has 0 bridgehead atoms. The van der Waals surface area contributed by atoms with Gasteiger partial charge in [0.1, 0.15) is 18.2 Å². The summed E-state index contributed by atoms with van der Waals surface area (Å²) in [5, 5.41) is 0. The normalized spacial score (nSPS) is 13.5. The number of carbonyl (C=O) groups excluding carboxylic acids is 4. The zero-order valence-electron chi connectivity index (χ0n) is 22.9. The fraction of sp³-hybridized carbons (Fsp3) is 0.630. The minimum atomic E-state index is -1.05. The summed E-state index contributed by atoms with van der Waals surface area (Å²) in [5.74, 6) is -1.27. The van der Waals surface area contributed by atoms with E-state index in [1.54, 1.807) is 19.9 Å². The Hall–Kier alpha value is -3.14.